The average molecular weight is 253 g/mol. The molecule has 0 atom stereocenters. The Morgan fingerprint density at radius 2 is 1.94 bits per heavy atom. The number of benzene rings is 1. The van der Waals surface area contributed by atoms with Crippen LogP contribution in [0.1, 0.15) is 26.3 Å². The van der Waals surface area contributed by atoms with Crippen LogP contribution in [-0.4, -0.2) is 17.3 Å². The third-order valence-corrected chi connectivity index (χ3v) is 2.43. The first-order valence-corrected chi connectivity index (χ1v) is 5.58. The lowest BCUT2D eigenvalue weighted by atomic mass is 10.1. The van der Waals surface area contributed by atoms with Gasteiger partial charge in [-0.3, -0.25) is 10.1 Å². The predicted octanol–water partition coefficient (Wildman–Crippen LogP) is 2.64. The van der Waals surface area contributed by atoms with E-state index in [9.17, 15) is 10.1 Å². The van der Waals surface area contributed by atoms with E-state index in [4.69, 9.17) is 14.2 Å². The van der Waals surface area contributed by atoms with Gasteiger partial charge >= 0.3 is 0 Å². The van der Waals surface area contributed by atoms with Gasteiger partial charge in [0.2, 0.25) is 6.79 Å². The topological polar surface area (TPSA) is 70.8 Å². The average Bonchev–Trinajstić information content (AvgIpc) is 2.70. The Morgan fingerprint density at radius 1 is 1.33 bits per heavy atom. The van der Waals surface area contributed by atoms with Crippen LogP contribution >= 0.6 is 0 Å². The first-order valence-electron chi connectivity index (χ1n) is 5.58. The van der Waals surface area contributed by atoms with E-state index in [2.05, 4.69) is 0 Å². The lowest BCUT2D eigenvalue weighted by molar-refractivity contribution is -0.386. The SMILES string of the molecule is CC(C)(C)OCc1cc2c(cc1[N+](=O)[O-])OCO2. The summed E-state index contributed by atoms with van der Waals surface area (Å²) in [5, 5.41) is 11.0. The fraction of sp³-hybridized carbons (Fsp3) is 0.500. The summed E-state index contributed by atoms with van der Waals surface area (Å²) in [6, 6.07) is 2.98. The Labute approximate surface area is 105 Å². The summed E-state index contributed by atoms with van der Waals surface area (Å²) in [5.41, 5.74) is 0.118. The summed E-state index contributed by atoms with van der Waals surface area (Å²) in [6.45, 7) is 5.94. The standard InChI is InChI=1S/C12H15NO5/c1-12(2,3)18-6-8-4-10-11(17-7-16-10)5-9(8)13(14)15/h4-5H,6-7H2,1-3H3. The molecule has 0 saturated carbocycles. The van der Waals surface area contributed by atoms with Crippen molar-refractivity contribution in [1.82, 2.24) is 0 Å². The van der Waals surface area contributed by atoms with Gasteiger partial charge in [-0.25, -0.2) is 0 Å². The molecule has 0 fully saturated rings. The molecule has 1 aromatic carbocycles. The highest BCUT2D eigenvalue weighted by atomic mass is 16.7. The minimum absolute atomic E-state index is 0.0106. The largest absolute Gasteiger partial charge is 0.454 e. The molecule has 1 aromatic rings. The number of hydrogen-bond acceptors (Lipinski definition) is 5. The number of nitrogens with zero attached hydrogens (tertiary/aromatic N) is 1. The van der Waals surface area contributed by atoms with Crippen LogP contribution in [0.3, 0.4) is 0 Å². The quantitative estimate of drug-likeness (QED) is 0.611. The van der Waals surface area contributed by atoms with Crippen molar-refractivity contribution in [3.05, 3.63) is 27.8 Å². The molecule has 0 amide bonds. The number of nitro groups is 1. The van der Waals surface area contributed by atoms with Gasteiger partial charge in [-0.15, -0.1) is 0 Å². The van der Waals surface area contributed by atoms with E-state index in [0.29, 0.717) is 17.1 Å². The van der Waals surface area contributed by atoms with Gasteiger partial charge in [-0.1, -0.05) is 0 Å². The van der Waals surface area contributed by atoms with Crippen molar-refractivity contribution in [3.63, 3.8) is 0 Å². The van der Waals surface area contributed by atoms with Gasteiger partial charge in [-0.2, -0.15) is 0 Å². The minimum atomic E-state index is -0.441. The molecule has 0 aromatic heterocycles. The normalized spacial score (nSPS) is 13.7. The molecule has 2 rings (SSSR count). The summed E-state index contributed by atoms with van der Waals surface area (Å²) in [6.07, 6.45) is 0. The zero-order valence-electron chi connectivity index (χ0n) is 10.6. The van der Waals surface area contributed by atoms with E-state index >= 15 is 0 Å². The summed E-state index contributed by atoms with van der Waals surface area (Å²) < 4.78 is 15.9. The molecule has 0 bridgehead atoms. The Bertz CT molecular complexity index is 478. The van der Waals surface area contributed by atoms with E-state index in [-0.39, 0.29) is 24.7 Å². The first kappa shape index (κ1) is 12.6. The van der Waals surface area contributed by atoms with Gasteiger partial charge in [0.15, 0.2) is 11.5 Å². The first-order chi connectivity index (χ1) is 8.37. The van der Waals surface area contributed by atoms with Gasteiger partial charge in [-0.05, 0) is 26.8 Å². The minimum Gasteiger partial charge on any atom is -0.454 e. The molecule has 6 heteroatoms. The van der Waals surface area contributed by atoms with Crippen molar-refractivity contribution < 1.29 is 19.1 Å². The van der Waals surface area contributed by atoms with Gasteiger partial charge < -0.3 is 14.2 Å². The number of nitro benzene ring substituents is 1. The van der Waals surface area contributed by atoms with E-state index in [1.807, 2.05) is 20.8 Å². The summed E-state index contributed by atoms with van der Waals surface area (Å²) in [5.74, 6) is 0.925. The number of fused-ring (bicyclic) bond motifs is 1. The molecule has 0 saturated heterocycles. The van der Waals surface area contributed by atoms with Crippen LogP contribution in [0.4, 0.5) is 5.69 Å². The molecule has 1 aliphatic rings. The zero-order valence-corrected chi connectivity index (χ0v) is 10.6. The molecule has 0 N–H and O–H groups in total. The smallest absolute Gasteiger partial charge is 0.278 e. The van der Waals surface area contributed by atoms with E-state index in [0.717, 1.165) is 0 Å². The fourth-order valence-electron chi connectivity index (χ4n) is 1.55. The molecule has 1 heterocycles. The van der Waals surface area contributed by atoms with Gasteiger partial charge in [0.1, 0.15) is 0 Å². The van der Waals surface area contributed by atoms with Crippen molar-refractivity contribution in [2.75, 3.05) is 6.79 Å². The molecule has 98 valence electrons. The highest BCUT2D eigenvalue weighted by Gasteiger charge is 2.24. The maximum Gasteiger partial charge on any atom is 0.278 e. The lowest BCUT2D eigenvalue weighted by Crippen LogP contribution is -2.19. The van der Waals surface area contributed by atoms with Crippen molar-refractivity contribution in [2.45, 2.75) is 33.0 Å². The maximum absolute atomic E-state index is 11.0. The lowest BCUT2D eigenvalue weighted by Gasteiger charge is -2.19. The second-order valence-electron chi connectivity index (χ2n) is 4.99. The summed E-state index contributed by atoms with van der Waals surface area (Å²) in [4.78, 5) is 10.6. The van der Waals surface area contributed by atoms with Crippen LogP contribution in [0.15, 0.2) is 12.1 Å². The number of hydrogen-bond donors (Lipinski definition) is 0. The third-order valence-electron chi connectivity index (χ3n) is 2.43. The predicted molar refractivity (Wildman–Crippen MR) is 63.8 cm³/mol. The molecule has 1 aliphatic heterocycles. The Morgan fingerprint density at radius 3 is 2.50 bits per heavy atom. The third kappa shape index (κ3) is 2.70. The second-order valence-corrected chi connectivity index (χ2v) is 4.99. The second kappa shape index (κ2) is 4.45. The molecule has 6 nitrogen and oxygen atoms in total. The van der Waals surface area contributed by atoms with E-state index in [1.165, 1.54) is 6.07 Å². The van der Waals surface area contributed by atoms with E-state index < -0.39 is 4.92 Å². The van der Waals surface area contributed by atoms with Crippen molar-refractivity contribution >= 4 is 5.69 Å². The van der Waals surface area contributed by atoms with Crippen molar-refractivity contribution in [3.8, 4) is 11.5 Å². The van der Waals surface area contributed by atoms with Gasteiger partial charge in [0.25, 0.3) is 5.69 Å². The molecular weight excluding hydrogens is 238 g/mol. The maximum atomic E-state index is 11.0. The van der Waals surface area contributed by atoms with E-state index in [1.54, 1.807) is 6.07 Å². The summed E-state index contributed by atoms with van der Waals surface area (Å²) in [7, 11) is 0. The Hall–Kier alpha value is -1.82. The number of ether oxygens (including phenoxy) is 3. The van der Waals surface area contributed by atoms with Crippen LogP contribution in [0.25, 0.3) is 0 Å². The highest BCUT2D eigenvalue weighted by Crippen LogP contribution is 2.38. The fourth-order valence-corrected chi connectivity index (χ4v) is 1.55. The molecule has 0 unspecified atom stereocenters. The van der Waals surface area contributed by atoms with Crippen LogP contribution in [0.5, 0.6) is 11.5 Å². The zero-order chi connectivity index (χ0) is 13.3. The monoisotopic (exact) mass is 253 g/mol. The molecular formula is C12H15NO5. The van der Waals surface area contributed by atoms with Crippen LogP contribution in [0.2, 0.25) is 0 Å². The summed E-state index contributed by atoms with van der Waals surface area (Å²) >= 11 is 0. The number of rotatable bonds is 3. The molecule has 0 spiro atoms. The van der Waals surface area contributed by atoms with Gasteiger partial charge in [0, 0.05) is 0 Å². The van der Waals surface area contributed by atoms with Crippen molar-refractivity contribution in [1.29, 1.82) is 0 Å². The Balaban J connectivity index is 2.30. The molecule has 0 aliphatic carbocycles. The highest BCUT2D eigenvalue weighted by molar-refractivity contribution is 5.55. The molecule has 18 heavy (non-hydrogen) atoms. The Kier molecular flexibility index (Phi) is 3.13. The molecule has 0 radical (unpaired) electrons. The van der Waals surface area contributed by atoms with Crippen LogP contribution in [0, 0.1) is 10.1 Å². The van der Waals surface area contributed by atoms with Gasteiger partial charge in [0.05, 0.1) is 28.8 Å². The van der Waals surface area contributed by atoms with Crippen molar-refractivity contribution in [2.24, 2.45) is 0 Å². The van der Waals surface area contributed by atoms with Crippen LogP contribution < -0.4 is 9.47 Å². The van der Waals surface area contributed by atoms with Crippen LogP contribution in [-0.2, 0) is 11.3 Å².